The maximum absolute atomic E-state index is 11.8. The van der Waals surface area contributed by atoms with Gasteiger partial charge in [-0.25, -0.2) is 0 Å². The number of carbonyl (C=O) groups is 2. The number of thioether (sulfide) groups is 1. The van der Waals surface area contributed by atoms with Crippen LogP contribution in [0.4, 0.5) is 16.5 Å². The summed E-state index contributed by atoms with van der Waals surface area (Å²) in [5.74, 6) is -0.417. The molecule has 1 aromatic heterocycles. The van der Waals surface area contributed by atoms with Crippen molar-refractivity contribution in [2.24, 2.45) is 0 Å². The van der Waals surface area contributed by atoms with Gasteiger partial charge >= 0.3 is 0 Å². The lowest BCUT2D eigenvalue weighted by Gasteiger charge is -2.03. The number of nitrogens with zero attached hydrogens (tertiary/aromatic N) is 3. The molecule has 2 aromatic rings. The van der Waals surface area contributed by atoms with Gasteiger partial charge in [0, 0.05) is 24.7 Å². The highest BCUT2D eigenvalue weighted by atomic mass is 32.2. The van der Waals surface area contributed by atoms with Gasteiger partial charge in [-0.3, -0.25) is 19.7 Å². The largest absolute Gasteiger partial charge is 0.325 e. The van der Waals surface area contributed by atoms with Crippen LogP contribution in [-0.2, 0) is 9.59 Å². The van der Waals surface area contributed by atoms with Crippen molar-refractivity contribution < 1.29 is 14.5 Å². The molecule has 0 saturated heterocycles. The summed E-state index contributed by atoms with van der Waals surface area (Å²) < 4.78 is 0.549. The average Bonchev–Trinajstić information content (AvgIpc) is 2.92. The van der Waals surface area contributed by atoms with Crippen molar-refractivity contribution >= 4 is 51.4 Å². The Labute approximate surface area is 138 Å². The van der Waals surface area contributed by atoms with Crippen LogP contribution < -0.4 is 10.6 Å². The fourth-order valence-electron chi connectivity index (χ4n) is 1.46. The van der Waals surface area contributed by atoms with E-state index in [2.05, 4.69) is 20.8 Å². The summed E-state index contributed by atoms with van der Waals surface area (Å²) in [6.07, 6.45) is 0. The molecule has 0 aliphatic heterocycles. The maximum atomic E-state index is 11.8. The minimum Gasteiger partial charge on any atom is -0.325 e. The molecule has 1 aromatic carbocycles. The molecule has 0 saturated carbocycles. The molecule has 2 amide bonds. The Morgan fingerprint density at radius 1 is 1.26 bits per heavy atom. The fourth-order valence-corrected chi connectivity index (χ4v) is 3.06. The van der Waals surface area contributed by atoms with E-state index < -0.39 is 4.92 Å². The van der Waals surface area contributed by atoms with Crippen molar-refractivity contribution in [2.75, 3.05) is 16.4 Å². The summed E-state index contributed by atoms with van der Waals surface area (Å²) in [7, 11) is 0. The lowest BCUT2D eigenvalue weighted by Crippen LogP contribution is -2.13. The van der Waals surface area contributed by atoms with E-state index in [0.29, 0.717) is 15.2 Å². The number of carbonyl (C=O) groups excluding carboxylic acids is 2. The molecule has 9 nitrogen and oxygen atoms in total. The van der Waals surface area contributed by atoms with Crippen molar-refractivity contribution in [3.8, 4) is 0 Å². The molecule has 11 heteroatoms. The minimum absolute atomic E-state index is 0.0447. The number of aromatic nitrogens is 2. The van der Waals surface area contributed by atoms with Gasteiger partial charge in [-0.05, 0) is 12.1 Å². The summed E-state index contributed by atoms with van der Waals surface area (Å²) in [5, 5.41) is 23.6. The van der Waals surface area contributed by atoms with Crippen molar-refractivity contribution in [1.29, 1.82) is 0 Å². The van der Waals surface area contributed by atoms with Gasteiger partial charge in [0.2, 0.25) is 16.9 Å². The van der Waals surface area contributed by atoms with Crippen molar-refractivity contribution in [1.82, 2.24) is 10.2 Å². The number of nitro groups is 1. The standard InChI is InChI=1S/C12H11N5O4S2/c1-7(18)13-11-15-16-12(23-11)22-6-10(19)14-8-2-4-9(5-3-8)17(20)21/h2-5H,6H2,1H3,(H,14,19)(H,13,15,18). The Bertz CT molecular complexity index is 731. The summed E-state index contributed by atoms with van der Waals surface area (Å²) >= 11 is 2.35. The maximum Gasteiger partial charge on any atom is 0.269 e. The van der Waals surface area contributed by atoms with Crippen LogP contribution in [0.5, 0.6) is 0 Å². The first-order chi connectivity index (χ1) is 10.9. The molecule has 0 spiro atoms. The number of nitro benzene ring substituents is 1. The second kappa shape index (κ2) is 7.65. The molecule has 2 rings (SSSR count). The monoisotopic (exact) mass is 353 g/mol. The van der Waals surface area contributed by atoms with Gasteiger partial charge in [-0.15, -0.1) is 10.2 Å². The van der Waals surface area contributed by atoms with Crippen LogP contribution in [0, 0.1) is 10.1 Å². The first kappa shape index (κ1) is 16.8. The number of anilines is 2. The molecule has 0 atom stereocenters. The van der Waals surface area contributed by atoms with E-state index in [-0.39, 0.29) is 23.3 Å². The minimum atomic E-state index is -0.510. The van der Waals surface area contributed by atoms with Gasteiger partial charge in [0.15, 0.2) is 4.34 Å². The van der Waals surface area contributed by atoms with Crippen LogP contribution in [0.25, 0.3) is 0 Å². The number of rotatable bonds is 6. The number of amides is 2. The van der Waals surface area contributed by atoms with Gasteiger partial charge in [0.05, 0.1) is 10.7 Å². The third-order valence-electron chi connectivity index (χ3n) is 2.38. The van der Waals surface area contributed by atoms with Crippen LogP contribution in [0.1, 0.15) is 6.92 Å². The molecule has 0 aliphatic rings. The number of nitrogens with one attached hydrogen (secondary N) is 2. The van der Waals surface area contributed by atoms with E-state index in [1.807, 2.05) is 0 Å². The molecule has 23 heavy (non-hydrogen) atoms. The van der Waals surface area contributed by atoms with Crippen LogP contribution in [0.3, 0.4) is 0 Å². The zero-order chi connectivity index (χ0) is 16.8. The topological polar surface area (TPSA) is 127 Å². The summed E-state index contributed by atoms with van der Waals surface area (Å²) in [6, 6.07) is 5.54. The quantitative estimate of drug-likeness (QED) is 0.352. The highest BCUT2D eigenvalue weighted by molar-refractivity contribution is 8.01. The average molecular weight is 353 g/mol. The van der Waals surface area contributed by atoms with E-state index in [1.54, 1.807) is 0 Å². The van der Waals surface area contributed by atoms with E-state index in [0.717, 1.165) is 0 Å². The van der Waals surface area contributed by atoms with Crippen molar-refractivity contribution in [2.45, 2.75) is 11.3 Å². The van der Waals surface area contributed by atoms with Gasteiger partial charge in [-0.2, -0.15) is 0 Å². The number of non-ortho nitro benzene ring substituents is 1. The Morgan fingerprint density at radius 2 is 1.96 bits per heavy atom. The number of hydrogen-bond donors (Lipinski definition) is 2. The first-order valence-electron chi connectivity index (χ1n) is 6.22. The van der Waals surface area contributed by atoms with E-state index in [4.69, 9.17) is 0 Å². The Balaban J connectivity index is 1.83. The predicted octanol–water partition coefficient (Wildman–Crippen LogP) is 2.14. The predicted molar refractivity (Wildman–Crippen MR) is 86.7 cm³/mol. The van der Waals surface area contributed by atoms with Crippen LogP contribution in [0.2, 0.25) is 0 Å². The molecular weight excluding hydrogens is 342 g/mol. The molecule has 2 N–H and O–H groups in total. The van der Waals surface area contributed by atoms with Crippen LogP contribution in [0.15, 0.2) is 28.6 Å². The summed E-state index contributed by atoms with van der Waals surface area (Å²) in [6.45, 7) is 1.37. The molecule has 0 fully saturated rings. The lowest BCUT2D eigenvalue weighted by atomic mass is 10.3. The van der Waals surface area contributed by atoms with Gasteiger partial charge in [-0.1, -0.05) is 23.1 Å². The Hall–Kier alpha value is -2.53. The second-order valence-corrected chi connectivity index (χ2v) is 6.40. The third-order valence-corrected chi connectivity index (χ3v) is 4.35. The summed E-state index contributed by atoms with van der Waals surface area (Å²) in [5.41, 5.74) is 0.425. The molecule has 0 radical (unpaired) electrons. The number of benzene rings is 1. The fraction of sp³-hybridized carbons (Fsp3) is 0.167. The van der Waals surface area contributed by atoms with Crippen molar-refractivity contribution in [3.63, 3.8) is 0 Å². The highest BCUT2D eigenvalue weighted by Gasteiger charge is 2.10. The van der Waals surface area contributed by atoms with Crippen LogP contribution in [-0.4, -0.2) is 32.7 Å². The zero-order valence-electron chi connectivity index (χ0n) is 11.8. The first-order valence-corrected chi connectivity index (χ1v) is 8.02. The van der Waals surface area contributed by atoms with Crippen LogP contribution >= 0.6 is 23.1 Å². The molecule has 0 unspecified atom stereocenters. The van der Waals surface area contributed by atoms with Crippen molar-refractivity contribution in [3.05, 3.63) is 34.4 Å². The summed E-state index contributed by atoms with van der Waals surface area (Å²) in [4.78, 5) is 32.7. The lowest BCUT2D eigenvalue weighted by molar-refractivity contribution is -0.384. The normalized spacial score (nSPS) is 10.1. The Morgan fingerprint density at radius 3 is 2.57 bits per heavy atom. The van der Waals surface area contributed by atoms with Gasteiger partial charge in [0.1, 0.15) is 0 Å². The van der Waals surface area contributed by atoms with Gasteiger partial charge < -0.3 is 10.6 Å². The zero-order valence-corrected chi connectivity index (χ0v) is 13.4. The highest BCUT2D eigenvalue weighted by Crippen LogP contribution is 2.25. The van der Waals surface area contributed by atoms with E-state index >= 15 is 0 Å². The smallest absolute Gasteiger partial charge is 0.269 e. The molecular formula is C12H11N5O4S2. The van der Waals surface area contributed by atoms with Gasteiger partial charge in [0.25, 0.3) is 5.69 Å². The molecule has 120 valence electrons. The molecule has 0 bridgehead atoms. The Kier molecular flexibility index (Phi) is 5.60. The molecule has 0 aliphatic carbocycles. The number of hydrogen-bond acceptors (Lipinski definition) is 8. The SMILES string of the molecule is CC(=O)Nc1nnc(SCC(=O)Nc2ccc([N+](=O)[O-])cc2)s1. The molecule has 1 heterocycles. The van der Waals surface area contributed by atoms with E-state index in [1.165, 1.54) is 54.3 Å². The third kappa shape index (κ3) is 5.30. The van der Waals surface area contributed by atoms with E-state index in [9.17, 15) is 19.7 Å². The second-order valence-electron chi connectivity index (χ2n) is 4.20.